The quantitative estimate of drug-likeness (QED) is 0.803. The molecular formula is C13H17BrClNO3S. The molecule has 7 heteroatoms. The summed E-state index contributed by atoms with van der Waals surface area (Å²) in [5.74, 6) is 0. The highest BCUT2D eigenvalue weighted by Gasteiger charge is 2.25. The molecule has 0 radical (unpaired) electrons. The van der Waals surface area contributed by atoms with E-state index in [1.807, 2.05) is 0 Å². The third-order valence-corrected chi connectivity index (χ3v) is 6.37. The molecule has 4 nitrogen and oxygen atoms in total. The van der Waals surface area contributed by atoms with Gasteiger partial charge in [0.05, 0.1) is 16.0 Å². The van der Waals surface area contributed by atoms with Crippen molar-refractivity contribution >= 4 is 37.6 Å². The van der Waals surface area contributed by atoms with Gasteiger partial charge in [-0.05, 0) is 53.4 Å². The third kappa shape index (κ3) is 3.74. The maximum absolute atomic E-state index is 12.5. The van der Waals surface area contributed by atoms with E-state index in [0.29, 0.717) is 22.6 Å². The first-order valence-corrected chi connectivity index (χ1v) is 9.05. The normalized spacial score (nSPS) is 20.3. The van der Waals surface area contributed by atoms with E-state index in [1.54, 1.807) is 13.1 Å². The number of halogens is 2. The van der Waals surface area contributed by atoms with Gasteiger partial charge in [-0.15, -0.1) is 0 Å². The van der Waals surface area contributed by atoms with Crippen LogP contribution in [0.5, 0.6) is 0 Å². The second-order valence-electron chi connectivity index (χ2n) is 4.85. The van der Waals surface area contributed by atoms with Gasteiger partial charge >= 0.3 is 0 Å². The zero-order valence-corrected chi connectivity index (χ0v) is 14.3. The minimum Gasteiger partial charge on any atom is -0.377 e. The van der Waals surface area contributed by atoms with Crippen LogP contribution < -0.4 is 0 Å². The molecule has 1 aliphatic heterocycles. The van der Waals surface area contributed by atoms with Crippen molar-refractivity contribution in [2.75, 3.05) is 20.2 Å². The van der Waals surface area contributed by atoms with Gasteiger partial charge in [0, 0.05) is 24.7 Å². The molecule has 0 amide bonds. The highest BCUT2D eigenvalue weighted by molar-refractivity contribution is 9.10. The van der Waals surface area contributed by atoms with E-state index in [0.717, 1.165) is 19.3 Å². The molecule has 1 atom stereocenters. The van der Waals surface area contributed by atoms with Crippen LogP contribution in [-0.2, 0) is 14.8 Å². The smallest absolute Gasteiger partial charge is 0.242 e. The Kier molecular flexibility index (Phi) is 5.48. The first kappa shape index (κ1) is 16.2. The van der Waals surface area contributed by atoms with E-state index in [2.05, 4.69) is 15.9 Å². The van der Waals surface area contributed by atoms with Crippen LogP contribution in [0, 0.1) is 0 Å². The van der Waals surface area contributed by atoms with Crippen molar-refractivity contribution in [1.82, 2.24) is 4.31 Å². The summed E-state index contributed by atoms with van der Waals surface area (Å²) in [5, 5.41) is 0.488. The number of rotatable bonds is 4. The van der Waals surface area contributed by atoms with Gasteiger partial charge in [0.2, 0.25) is 10.0 Å². The minimum absolute atomic E-state index is 0.0146. The number of hydrogen-bond acceptors (Lipinski definition) is 3. The summed E-state index contributed by atoms with van der Waals surface area (Å²) in [6.45, 7) is 1.09. The second-order valence-corrected chi connectivity index (χ2v) is 8.16. The fourth-order valence-corrected chi connectivity index (χ4v) is 4.03. The lowest BCUT2D eigenvalue weighted by Crippen LogP contribution is -2.37. The molecule has 0 saturated carbocycles. The van der Waals surface area contributed by atoms with Crippen LogP contribution in [0.25, 0.3) is 0 Å². The molecule has 1 aromatic carbocycles. The van der Waals surface area contributed by atoms with Crippen molar-refractivity contribution in [3.05, 3.63) is 27.7 Å². The zero-order valence-electron chi connectivity index (χ0n) is 11.2. The Bertz CT molecular complexity index is 573. The van der Waals surface area contributed by atoms with Gasteiger partial charge in [-0.2, -0.15) is 4.31 Å². The Labute approximate surface area is 133 Å². The molecule has 0 N–H and O–H groups in total. The van der Waals surface area contributed by atoms with Crippen molar-refractivity contribution in [3.8, 4) is 0 Å². The lowest BCUT2D eigenvalue weighted by Gasteiger charge is -2.27. The number of benzene rings is 1. The molecule has 20 heavy (non-hydrogen) atoms. The van der Waals surface area contributed by atoms with Crippen LogP contribution in [-0.4, -0.2) is 39.0 Å². The molecule has 1 heterocycles. The number of sulfonamides is 1. The van der Waals surface area contributed by atoms with Crippen molar-refractivity contribution in [2.24, 2.45) is 0 Å². The number of likely N-dealkylation sites (N-methyl/N-ethyl adjacent to an activating group) is 1. The van der Waals surface area contributed by atoms with Crippen LogP contribution >= 0.6 is 27.5 Å². The highest BCUT2D eigenvalue weighted by Crippen LogP contribution is 2.27. The van der Waals surface area contributed by atoms with E-state index >= 15 is 0 Å². The minimum atomic E-state index is -3.51. The standard InChI is InChI=1S/C13H17BrClNO3S/c1-16(9-10-4-2-3-7-19-10)20(17,18)11-5-6-13(15)12(14)8-11/h5-6,8,10H,2-4,7,9H2,1H3. The number of nitrogens with zero attached hydrogens (tertiary/aromatic N) is 1. The van der Waals surface area contributed by atoms with Gasteiger partial charge in [-0.25, -0.2) is 8.42 Å². The Balaban J connectivity index is 2.13. The summed E-state index contributed by atoms with van der Waals surface area (Å²) in [4.78, 5) is 0.229. The second kappa shape index (κ2) is 6.75. The van der Waals surface area contributed by atoms with Crippen LogP contribution in [0.1, 0.15) is 19.3 Å². The SMILES string of the molecule is CN(CC1CCCCO1)S(=O)(=O)c1ccc(Cl)c(Br)c1. The zero-order chi connectivity index (χ0) is 14.8. The van der Waals surface area contributed by atoms with Gasteiger partial charge < -0.3 is 4.74 Å². The van der Waals surface area contributed by atoms with E-state index in [-0.39, 0.29) is 11.0 Å². The molecule has 1 aromatic rings. The van der Waals surface area contributed by atoms with E-state index in [1.165, 1.54) is 16.4 Å². The molecule has 0 aromatic heterocycles. The molecule has 2 rings (SSSR count). The van der Waals surface area contributed by atoms with Gasteiger partial charge in [-0.1, -0.05) is 11.6 Å². The van der Waals surface area contributed by atoms with Crippen LogP contribution in [0.2, 0.25) is 5.02 Å². The van der Waals surface area contributed by atoms with Gasteiger partial charge in [0.1, 0.15) is 0 Å². The van der Waals surface area contributed by atoms with Crippen LogP contribution in [0.4, 0.5) is 0 Å². The first-order chi connectivity index (χ1) is 9.41. The monoisotopic (exact) mass is 381 g/mol. The molecular weight excluding hydrogens is 366 g/mol. The largest absolute Gasteiger partial charge is 0.377 e. The molecule has 112 valence electrons. The maximum Gasteiger partial charge on any atom is 0.242 e. The third-order valence-electron chi connectivity index (χ3n) is 3.33. The summed E-state index contributed by atoms with van der Waals surface area (Å²) < 4.78 is 32.5. The first-order valence-electron chi connectivity index (χ1n) is 6.44. The Hall–Kier alpha value is -0.140. The van der Waals surface area contributed by atoms with Crippen molar-refractivity contribution in [2.45, 2.75) is 30.3 Å². The van der Waals surface area contributed by atoms with Crippen molar-refractivity contribution in [1.29, 1.82) is 0 Å². The van der Waals surface area contributed by atoms with Gasteiger partial charge in [0.15, 0.2) is 0 Å². The summed E-state index contributed by atoms with van der Waals surface area (Å²) in [6, 6.07) is 4.61. The predicted octanol–water partition coefficient (Wildman–Crippen LogP) is 3.29. The summed E-state index contributed by atoms with van der Waals surface area (Å²) in [7, 11) is -1.93. The molecule has 0 bridgehead atoms. The van der Waals surface area contributed by atoms with Crippen LogP contribution in [0.15, 0.2) is 27.6 Å². The topological polar surface area (TPSA) is 46.6 Å². The van der Waals surface area contributed by atoms with Gasteiger partial charge in [-0.3, -0.25) is 0 Å². The average Bonchev–Trinajstić information content (AvgIpc) is 2.42. The van der Waals surface area contributed by atoms with E-state index in [9.17, 15) is 8.42 Å². The number of hydrogen-bond donors (Lipinski definition) is 0. The molecule has 0 spiro atoms. The summed E-state index contributed by atoms with van der Waals surface area (Å²) >= 11 is 9.14. The van der Waals surface area contributed by atoms with E-state index in [4.69, 9.17) is 16.3 Å². The molecule has 0 aliphatic carbocycles. The Morgan fingerprint density at radius 3 is 2.80 bits per heavy atom. The lowest BCUT2D eigenvalue weighted by molar-refractivity contribution is 0.00858. The summed E-state index contributed by atoms with van der Waals surface area (Å²) in [5.41, 5.74) is 0. The fraction of sp³-hybridized carbons (Fsp3) is 0.538. The lowest BCUT2D eigenvalue weighted by atomic mass is 10.1. The van der Waals surface area contributed by atoms with Gasteiger partial charge in [0.25, 0.3) is 0 Å². The molecule has 1 fully saturated rings. The van der Waals surface area contributed by atoms with E-state index < -0.39 is 10.0 Å². The molecule has 1 unspecified atom stereocenters. The van der Waals surface area contributed by atoms with Crippen LogP contribution in [0.3, 0.4) is 0 Å². The Morgan fingerprint density at radius 2 is 2.20 bits per heavy atom. The molecule has 1 saturated heterocycles. The Morgan fingerprint density at radius 1 is 1.45 bits per heavy atom. The van der Waals surface area contributed by atoms with Crippen molar-refractivity contribution < 1.29 is 13.2 Å². The fourth-order valence-electron chi connectivity index (χ4n) is 2.15. The number of ether oxygens (including phenoxy) is 1. The average molecular weight is 383 g/mol. The summed E-state index contributed by atoms with van der Waals surface area (Å²) in [6.07, 6.45) is 3.03. The van der Waals surface area contributed by atoms with Crippen molar-refractivity contribution in [3.63, 3.8) is 0 Å². The predicted molar refractivity (Wildman–Crippen MR) is 82.6 cm³/mol. The highest BCUT2D eigenvalue weighted by atomic mass is 79.9. The maximum atomic E-state index is 12.5. The molecule has 1 aliphatic rings.